The number of nitrogens with zero attached hydrogens (tertiary/aromatic N) is 5. The Bertz CT molecular complexity index is 1070. The Balaban J connectivity index is 1.75. The summed E-state index contributed by atoms with van der Waals surface area (Å²) in [6, 6.07) is 8.50. The molecule has 0 unspecified atom stereocenters. The van der Waals surface area contributed by atoms with Crippen LogP contribution in [0.15, 0.2) is 48.9 Å². The lowest BCUT2D eigenvalue weighted by molar-refractivity contribution is 0.624. The third kappa shape index (κ3) is 2.80. The van der Waals surface area contributed by atoms with Crippen molar-refractivity contribution in [3.8, 4) is 11.4 Å². The van der Waals surface area contributed by atoms with Crippen LogP contribution in [0.2, 0.25) is 0 Å². The van der Waals surface area contributed by atoms with Crippen molar-refractivity contribution in [3.05, 3.63) is 60.4 Å². The average Bonchev–Trinajstić information content (AvgIpc) is 3.00. The van der Waals surface area contributed by atoms with Crippen molar-refractivity contribution >= 4 is 22.4 Å². The van der Waals surface area contributed by atoms with Crippen LogP contribution in [0, 0.1) is 12.7 Å². The number of nitrogens with one attached hydrogen (secondary N) is 1. The number of halogens is 1. The monoisotopic (exact) mass is 334 g/mol. The van der Waals surface area contributed by atoms with Crippen LogP contribution in [0.3, 0.4) is 0 Å². The van der Waals surface area contributed by atoms with E-state index in [2.05, 4.69) is 25.4 Å². The zero-order valence-corrected chi connectivity index (χ0v) is 13.7. The van der Waals surface area contributed by atoms with E-state index in [1.807, 2.05) is 26.1 Å². The van der Waals surface area contributed by atoms with Gasteiger partial charge < -0.3 is 5.32 Å². The highest BCUT2D eigenvalue weighted by atomic mass is 19.1. The van der Waals surface area contributed by atoms with Gasteiger partial charge in [-0.15, -0.1) is 0 Å². The SMILES string of the molecule is Cc1ccc(F)c(-c2cc(Nc3ccnc4cnn(C)c34)ccn2)n1. The van der Waals surface area contributed by atoms with Crippen LogP contribution in [0.5, 0.6) is 0 Å². The second-order valence-electron chi connectivity index (χ2n) is 5.70. The third-order valence-electron chi connectivity index (χ3n) is 3.90. The van der Waals surface area contributed by atoms with Gasteiger partial charge >= 0.3 is 0 Å². The van der Waals surface area contributed by atoms with E-state index in [9.17, 15) is 4.39 Å². The second-order valence-corrected chi connectivity index (χ2v) is 5.70. The molecule has 4 aromatic heterocycles. The number of hydrogen-bond donors (Lipinski definition) is 1. The normalized spacial score (nSPS) is 11.0. The minimum absolute atomic E-state index is 0.240. The van der Waals surface area contributed by atoms with Gasteiger partial charge in [0, 0.05) is 30.8 Å². The van der Waals surface area contributed by atoms with E-state index in [0.29, 0.717) is 5.69 Å². The lowest BCUT2D eigenvalue weighted by Gasteiger charge is -2.10. The van der Waals surface area contributed by atoms with Gasteiger partial charge in [-0.2, -0.15) is 5.10 Å². The predicted molar refractivity (Wildman–Crippen MR) is 94.0 cm³/mol. The van der Waals surface area contributed by atoms with Gasteiger partial charge in [-0.25, -0.2) is 9.37 Å². The topological polar surface area (TPSA) is 68.5 Å². The van der Waals surface area contributed by atoms with Gasteiger partial charge in [0.05, 0.1) is 17.6 Å². The molecule has 124 valence electrons. The highest BCUT2D eigenvalue weighted by Crippen LogP contribution is 2.27. The molecule has 0 aliphatic carbocycles. The van der Waals surface area contributed by atoms with Crippen LogP contribution in [0.1, 0.15) is 5.69 Å². The molecule has 25 heavy (non-hydrogen) atoms. The lowest BCUT2D eigenvalue weighted by atomic mass is 10.2. The van der Waals surface area contributed by atoms with Crippen molar-refractivity contribution in [3.63, 3.8) is 0 Å². The zero-order valence-electron chi connectivity index (χ0n) is 13.7. The van der Waals surface area contributed by atoms with E-state index in [1.165, 1.54) is 6.07 Å². The Morgan fingerprint density at radius 2 is 1.92 bits per heavy atom. The molecule has 7 heteroatoms. The first-order valence-corrected chi connectivity index (χ1v) is 7.75. The minimum atomic E-state index is -0.395. The fraction of sp³-hybridized carbons (Fsp3) is 0.111. The van der Waals surface area contributed by atoms with Gasteiger partial charge in [0.1, 0.15) is 16.7 Å². The van der Waals surface area contributed by atoms with Crippen molar-refractivity contribution in [2.75, 3.05) is 5.32 Å². The Hall–Kier alpha value is -3.35. The molecular weight excluding hydrogens is 319 g/mol. The van der Waals surface area contributed by atoms with E-state index in [4.69, 9.17) is 0 Å². The molecule has 0 aliphatic heterocycles. The maximum Gasteiger partial charge on any atom is 0.151 e. The number of rotatable bonds is 3. The molecular formula is C18H15FN6. The summed E-state index contributed by atoms with van der Waals surface area (Å²) in [5, 5.41) is 7.55. The maximum absolute atomic E-state index is 14.1. The van der Waals surface area contributed by atoms with Crippen LogP contribution >= 0.6 is 0 Å². The summed E-state index contributed by atoms with van der Waals surface area (Å²) in [5.41, 5.74) is 4.78. The summed E-state index contributed by atoms with van der Waals surface area (Å²) in [6.07, 6.45) is 5.06. The summed E-state index contributed by atoms with van der Waals surface area (Å²) in [5.74, 6) is -0.395. The van der Waals surface area contributed by atoms with Crippen LogP contribution in [-0.2, 0) is 7.05 Å². The molecule has 0 atom stereocenters. The van der Waals surface area contributed by atoms with E-state index in [-0.39, 0.29) is 5.69 Å². The zero-order chi connectivity index (χ0) is 17.4. The van der Waals surface area contributed by atoms with Crippen molar-refractivity contribution < 1.29 is 4.39 Å². The number of pyridine rings is 3. The summed E-state index contributed by atoms with van der Waals surface area (Å²) < 4.78 is 15.8. The summed E-state index contributed by atoms with van der Waals surface area (Å²) in [4.78, 5) is 12.8. The predicted octanol–water partition coefficient (Wildman–Crippen LogP) is 3.62. The third-order valence-corrected chi connectivity index (χ3v) is 3.90. The van der Waals surface area contributed by atoms with Gasteiger partial charge in [0.2, 0.25) is 0 Å². The van der Waals surface area contributed by atoms with Gasteiger partial charge in [0.25, 0.3) is 0 Å². The van der Waals surface area contributed by atoms with Crippen LogP contribution in [0.25, 0.3) is 22.4 Å². The standard InChI is InChI=1S/C18H15FN6/c1-11-3-4-13(19)17(23-11)15-9-12(5-7-20-15)24-14-6-8-21-16-10-22-25(2)18(14)16/h3-10H,1-2H3,(H,20,21,24). The fourth-order valence-electron chi connectivity index (χ4n) is 2.72. The van der Waals surface area contributed by atoms with Gasteiger partial charge in [0.15, 0.2) is 5.82 Å². The molecule has 4 aromatic rings. The highest BCUT2D eigenvalue weighted by molar-refractivity contribution is 5.89. The minimum Gasteiger partial charge on any atom is -0.354 e. The first-order chi connectivity index (χ1) is 12.1. The Labute approximate surface area is 143 Å². The quantitative estimate of drug-likeness (QED) is 0.620. The van der Waals surface area contributed by atoms with E-state index in [0.717, 1.165) is 28.1 Å². The number of aryl methyl sites for hydroxylation is 2. The first kappa shape index (κ1) is 15.2. The van der Waals surface area contributed by atoms with Crippen LogP contribution in [-0.4, -0.2) is 24.7 Å². The second kappa shape index (κ2) is 5.94. The van der Waals surface area contributed by atoms with Gasteiger partial charge in [-0.05, 0) is 37.3 Å². The molecule has 0 amide bonds. The van der Waals surface area contributed by atoms with E-state index < -0.39 is 5.82 Å². The number of fused-ring (bicyclic) bond motifs is 1. The Kier molecular flexibility index (Phi) is 3.61. The maximum atomic E-state index is 14.1. The van der Waals surface area contributed by atoms with Crippen molar-refractivity contribution in [1.82, 2.24) is 24.7 Å². The fourth-order valence-corrected chi connectivity index (χ4v) is 2.72. The summed E-state index contributed by atoms with van der Waals surface area (Å²) >= 11 is 0. The molecule has 0 aromatic carbocycles. The van der Waals surface area contributed by atoms with Crippen LogP contribution < -0.4 is 5.32 Å². The Morgan fingerprint density at radius 1 is 1.08 bits per heavy atom. The molecule has 0 saturated heterocycles. The molecule has 0 spiro atoms. The molecule has 0 aliphatic rings. The molecule has 4 heterocycles. The van der Waals surface area contributed by atoms with Crippen molar-refractivity contribution in [2.24, 2.45) is 7.05 Å². The lowest BCUT2D eigenvalue weighted by Crippen LogP contribution is -1.99. The van der Waals surface area contributed by atoms with E-state index in [1.54, 1.807) is 35.4 Å². The molecule has 0 radical (unpaired) electrons. The molecule has 0 fully saturated rings. The average molecular weight is 334 g/mol. The number of aromatic nitrogens is 5. The largest absolute Gasteiger partial charge is 0.354 e. The molecule has 6 nitrogen and oxygen atoms in total. The Morgan fingerprint density at radius 3 is 2.80 bits per heavy atom. The van der Waals surface area contributed by atoms with Gasteiger partial charge in [-0.3, -0.25) is 14.6 Å². The van der Waals surface area contributed by atoms with Crippen LogP contribution in [0.4, 0.5) is 15.8 Å². The van der Waals surface area contributed by atoms with Crippen molar-refractivity contribution in [2.45, 2.75) is 6.92 Å². The first-order valence-electron chi connectivity index (χ1n) is 7.75. The molecule has 4 rings (SSSR count). The van der Waals surface area contributed by atoms with E-state index >= 15 is 0 Å². The molecule has 1 N–H and O–H groups in total. The number of hydrogen-bond acceptors (Lipinski definition) is 5. The smallest absolute Gasteiger partial charge is 0.151 e. The highest BCUT2D eigenvalue weighted by Gasteiger charge is 2.11. The molecule has 0 bridgehead atoms. The van der Waals surface area contributed by atoms with Gasteiger partial charge in [-0.1, -0.05) is 0 Å². The summed E-state index contributed by atoms with van der Waals surface area (Å²) in [7, 11) is 1.86. The van der Waals surface area contributed by atoms with Crippen molar-refractivity contribution in [1.29, 1.82) is 0 Å². The molecule has 0 saturated carbocycles. The summed E-state index contributed by atoms with van der Waals surface area (Å²) in [6.45, 7) is 1.82. The number of anilines is 2.